The van der Waals surface area contributed by atoms with E-state index in [1.54, 1.807) is 0 Å². The van der Waals surface area contributed by atoms with Gasteiger partial charge in [0.15, 0.2) is 0 Å². The maximum absolute atomic E-state index is 11.7. The lowest BCUT2D eigenvalue weighted by atomic mass is 10.0. The number of nitrogens with one attached hydrogen (secondary N) is 1. The van der Waals surface area contributed by atoms with Crippen molar-refractivity contribution in [1.82, 2.24) is 5.32 Å². The maximum atomic E-state index is 11.7. The molecule has 2 nitrogen and oxygen atoms in total. The molecule has 0 aliphatic rings. The molecular formula is C15H23NO. The summed E-state index contributed by atoms with van der Waals surface area (Å²) in [5.74, 6) is 0.132. The van der Waals surface area contributed by atoms with Crippen molar-refractivity contribution in [2.75, 3.05) is 6.54 Å². The van der Waals surface area contributed by atoms with Crippen LogP contribution < -0.4 is 5.32 Å². The zero-order chi connectivity index (χ0) is 12.7. The monoisotopic (exact) mass is 233 g/mol. The average Bonchev–Trinajstić information content (AvgIpc) is 2.28. The molecule has 0 aliphatic heterocycles. The van der Waals surface area contributed by atoms with Crippen LogP contribution in [0.25, 0.3) is 0 Å². The Labute approximate surface area is 104 Å². The van der Waals surface area contributed by atoms with Crippen LogP contribution in [-0.2, 0) is 11.2 Å². The minimum atomic E-state index is 0.132. The minimum absolute atomic E-state index is 0.132. The Morgan fingerprint density at radius 1 is 1.24 bits per heavy atom. The molecule has 1 N–H and O–H groups in total. The molecule has 94 valence electrons. The Balaban J connectivity index is 2.40. The fourth-order valence-electron chi connectivity index (χ4n) is 1.88. The lowest BCUT2D eigenvalue weighted by Gasteiger charge is -2.08. The Kier molecular flexibility index (Phi) is 5.75. The van der Waals surface area contributed by atoms with Crippen molar-refractivity contribution in [3.05, 3.63) is 34.9 Å². The molecule has 17 heavy (non-hydrogen) atoms. The van der Waals surface area contributed by atoms with Gasteiger partial charge in [0.05, 0.1) is 6.42 Å². The van der Waals surface area contributed by atoms with E-state index in [0.29, 0.717) is 6.42 Å². The third-order valence-electron chi connectivity index (χ3n) is 2.95. The lowest BCUT2D eigenvalue weighted by Crippen LogP contribution is -2.26. The van der Waals surface area contributed by atoms with Gasteiger partial charge in [0.2, 0.25) is 5.91 Å². The van der Waals surface area contributed by atoms with Crippen molar-refractivity contribution in [1.29, 1.82) is 0 Å². The Morgan fingerprint density at radius 3 is 2.65 bits per heavy atom. The smallest absolute Gasteiger partial charge is 0.224 e. The van der Waals surface area contributed by atoms with Crippen LogP contribution >= 0.6 is 0 Å². The van der Waals surface area contributed by atoms with Crippen molar-refractivity contribution in [3.63, 3.8) is 0 Å². The number of unbranched alkanes of at least 4 members (excludes halogenated alkanes) is 2. The first-order valence-electron chi connectivity index (χ1n) is 6.46. The van der Waals surface area contributed by atoms with E-state index in [2.05, 4.69) is 44.3 Å². The highest BCUT2D eigenvalue weighted by Gasteiger charge is 2.05. The molecule has 1 amide bonds. The average molecular weight is 233 g/mol. The van der Waals surface area contributed by atoms with Gasteiger partial charge in [-0.3, -0.25) is 4.79 Å². The van der Waals surface area contributed by atoms with Gasteiger partial charge in [0, 0.05) is 6.54 Å². The molecule has 1 rings (SSSR count). The first-order chi connectivity index (χ1) is 8.13. The van der Waals surface area contributed by atoms with Gasteiger partial charge in [-0.05, 0) is 31.4 Å². The van der Waals surface area contributed by atoms with Crippen LogP contribution in [-0.4, -0.2) is 12.5 Å². The molecule has 0 fully saturated rings. The van der Waals surface area contributed by atoms with Gasteiger partial charge in [0.1, 0.15) is 0 Å². The van der Waals surface area contributed by atoms with E-state index < -0.39 is 0 Å². The highest BCUT2D eigenvalue weighted by Crippen LogP contribution is 2.11. The van der Waals surface area contributed by atoms with Crippen molar-refractivity contribution in [2.45, 2.75) is 46.5 Å². The summed E-state index contributed by atoms with van der Waals surface area (Å²) in [6.07, 6.45) is 3.95. The summed E-state index contributed by atoms with van der Waals surface area (Å²) in [5.41, 5.74) is 3.58. The van der Waals surface area contributed by atoms with E-state index in [1.165, 1.54) is 24.0 Å². The quantitative estimate of drug-likeness (QED) is 0.751. The predicted molar refractivity (Wildman–Crippen MR) is 72.2 cm³/mol. The Bertz CT molecular complexity index is 371. The number of rotatable bonds is 6. The Morgan fingerprint density at radius 2 is 2.00 bits per heavy atom. The summed E-state index contributed by atoms with van der Waals surface area (Å²) in [5, 5.41) is 2.97. The summed E-state index contributed by atoms with van der Waals surface area (Å²) >= 11 is 0. The topological polar surface area (TPSA) is 29.1 Å². The second kappa shape index (κ2) is 7.10. The maximum Gasteiger partial charge on any atom is 0.224 e. The van der Waals surface area contributed by atoms with Crippen LogP contribution in [0, 0.1) is 13.8 Å². The van der Waals surface area contributed by atoms with Crippen LogP contribution in [0.1, 0.15) is 42.9 Å². The van der Waals surface area contributed by atoms with Crippen molar-refractivity contribution < 1.29 is 4.79 Å². The van der Waals surface area contributed by atoms with Crippen LogP contribution in [0.15, 0.2) is 18.2 Å². The molecule has 0 aromatic heterocycles. The van der Waals surface area contributed by atoms with E-state index in [-0.39, 0.29) is 5.91 Å². The Hall–Kier alpha value is -1.31. The minimum Gasteiger partial charge on any atom is -0.356 e. The van der Waals surface area contributed by atoms with Crippen molar-refractivity contribution in [2.24, 2.45) is 0 Å². The number of amides is 1. The summed E-state index contributed by atoms with van der Waals surface area (Å²) in [4.78, 5) is 11.7. The zero-order valence-corrected chi connectivity index (χ0v) is 11.2. The SMILES string of the molecule is CCCCCNC(=O)Cc1ccc(C)cc1C. The largest absolute Gasteiger partial charge is 0.356 e. The van der Waals surface area contributed by atoms with Gasteiger partial charge < -0.3 is 5.32 Å². The second-order valence-corrected chi connectivity index (χ2v) is 4.66. The molecule has 1 aromatic rings. The number of hydrogen-bond acceptors (Lipinski definition) is 1. The molecule has 2 heteroatoms. The highest BCUT2D eigenvalue weighted by molar-refractivity contribution is 5.78. The van der Waals surface area contributed by atoms with E-state index >= 15 is 0 Å². The van der Waals surface area contributed by atoms with E-state index in [1.807, 2.05) is 0 Å². The number of benzene rings is 1. The van der Waals surface area contributed by atoms with Crippen LogP contribution in [0.2, 0.25) is 0 Å². The first kappa shape index (κ1) is 13.8. The second-order valence-electron chi connectivity index (χ2n) is 4.66. The summed E-state index contributed by atoms with van der Waals surface area (Å²) in [6, 6.07) is 6.24. The van der Waals surface area contributed by atoms with Gasteiger partial charge >= 0.3 is 0 Å². The fourth-order valence-corrected chi connectivity index (χ4v) is 1.88. The number of aryl methyl sites for hydroxylation is 2. The first-order valence-corrected chi connectivity index (χ1v) is 6.46. The molecule has 0 aliphatic carbocycles. The molecule has 0 atom stereocenters. The van der Waals surface area contributed by atoms with E-state index in [9.17, 15) is 4.79 Å². The molecule has 1 aromatic carbocycles. The standard InChI is InChI=1S/C15H23NO/c1-4-5-6-9-16-15(17)11-14-8-7-12(2)10-13(14)3/h7-8,10H,4-6,9,11H2,1-3H3,(H,16,17). The van der Waals surface area contributed by atoms with E-state index in [0.717, 1.165) is 18.5 Å². The third kappa shape index (κ3) is 5.03. The van der Waals surface area contributed by atoms with Gasteiger partial charge in [-0.25, -0.2) is 0 Å². The summed E-state index contributed by atoms with van der Waals surface area (Å²) in [7, 11) is 0. The molecule has 0 bridgehead atoms. The normalized spacial score (nSPS) is 10.3. The highest BCUT2D eigenvalue weighted by atomic mass is 16.1. The number of carbonyl (C=O) groups excluding carboxylic acids is 1. The van der Waals surface area contributed by atoms with Gasteiger partial charge in [-0.1, -0.05) is 43.5 Å². The number of carbonyl (C=O) groups is 1. The van der Waals surface area contributed by atoms with Crippen LogP contribution in [0.5, 0.6) is 0 Å². The van der Waals surface area contributed by atoms with Crippen molar-refractivity contribution >= 4 is 5.91 Å². The molecule has 0 saturated heterocycles. The van der Waals surface area contributed by atoms with Gasteiger partial charge in [-0.2, -0.15) is 0 Å². The molecule has 0 heterocycles. The zero-order valence-electron chi connectivity index (χ0n) is 11.2. The molecule has 0 saturated carbocycles. The summed E-state index contributed by atoms with van der Waals surface area (Å²) in [6.45, 7) is 7.10. The van der Waals surface area contributed by atoms with Gasteiger partial charge in [-0.15, -0.1) is 0 Å². The molecule has 0 unspecified atom stereocenters. The predicted octanol–water partition coefficient (Wildman–Crippen LogP) is 3.15. The molecular weight excluding hydrogens is 210 g/mol. The van der Waals surface area contributed by atoms with E-state index in [4.69, 9.17) is 0 Å². The molecule has 0 spiro atoms. The van der Waals surface area contributed by atoms with Crippen LogP contribution in [0.3, 0.4) is 0 Å². The molecule has 0 radical (unpaired) electrons. The lowest BCUT2D eigenvalue weighted by molar-refractivity contribution is -0.120. The van der Waals surface area contributed by atoms with Crippen LogP contribution in [0.4, 0.5) is 0 Å². The number of hydrogen-bond donors (Lipinski definition) is 1. The summed E-state index contributed by atoms with van der Waals surface area (Å²) < 4.78 is 0. The van der Waals surface area contributed by atoms with Gasteiger partial charge in [0.25, 0.3) is 0 Å². The van der Waals surface area contributed by atoms with Crippen molar-refractivity contribution in [3.8, 4) is 0 Å². The third-order valence-corrected chi connectivity index (χ3v) is 2.95. The fraction of sp³-hybridized carbons (Fsp3) is 0.533.